The van der Waals surface area contributed by atoms with Gasteiger partial charge in [-0.3, -0.25) is 0 Å². The van der Waals surface area contributed by atoms with E-state index >= 15 is 0 Å². The largest absolute Gasteiger partial charge is 0.339 e. The van der Waals surface area contributed by atoms with Crippen LogP contribution in [0.15, 0.2) is 72.8 Å². The smallest absolute Gasteiger partial charge is 0.162 e. The number of rotatable bonds is 2. The lowest BCUT2D eigenvalue weighted by Gasteiger charge is -2.08. The average Bonchev–Trinajstić information content (AvgIpc) is 3.07. The first-order valence-electron chi connectivity index (χ1n) is 8.49. The molecule has 0 fully saturated rings. The monoisotopic (exact) mass is 389 g/mol. The van der Waals surface area contributed by atoms with E-state index in [-0.39, 0.29) is 0 Å². The lowest BCUT2D eigenvalue weighted by Crippen LogP contribution is -1.94. The molecule has 2 heterocycles. The molecule has 0 radical (unpaired) electrons. The van der Waals surface area contributed by atoms with Gasteiger partial charge in [-0.1, -0.05) is 53.5 Å². The van der Waals surface area contributed by atoms with E-state index in [1.165, 1.54) is 0 Å². The summed E-state index contributed by atoms with van der Waals surface area (Å²) in [5.41, 5.74) is 4.62. The number of nitrogens with zero attached hydrogens (tertiary/aromatic N) is 2. The minimum Gasteiger partial charge on any atom is -0.339 e. The molecule has 5 heteroatoms. The topological polar surface area (TPSA) is 41.6 Å². The van der Waals surface area contributed by atoms with Gasteiger partial charge in [0.25, 0.3) is 0 Å². The zero-order valence-corrected chi connectivity index (χ0v) is 15.6. The fraction of sp³-hybridized carbons (Fsp3) is 0. The zero-order valence-electron chi connectivity index (χ0n) is 14.1. The molecule has 3 nitrogen and oxygen atoms in total. The van der Waals surface area contributed by atoms with Crippen LogP contribution < -0.4 is 0 Å². The van der Waals surface area contributed by atoms with Gasteiger partial charge < -0.3 is 4.98 Å². The Labute approximate surface area is 165 Å². The SMILES string of the molecule is Clc1ccc(-c2nc(-c3ccc(Cl)cc3)c3c(n2)[nH]c2ccccc23)cc1. The summed E-state index contributed by atoms with van der Waals surface area (Å²) in [6.07, 6.45) is 0. The predicted molar refractivity (Wildman–Crippen MR) is 112 cm³/mol. The van der Waals surface area contributed by atoms with Crippen molar-refractivity contribution < 1.29 is 0 Å². The van der Waals surface area contributed by atoms with Gasteiger partial charge in [0.1, 0.15) is 5.65 Å². The lowest BCUT2D eigenvalue weighted by molar-refractivity contribution is 1.21. The molecule has 0 aliphatic rings. The summed E-state index contributed by atoms with van der Waals surface area (Å²) in [7, 11) is 0. The molecule has 0 spiro atoms. The zero-order chi connectivity index (χ0) is 18.4. The van der Waals surface area contributed by atoms with Crippen molar-refractivity contribution in [2.75, 3.05) is 0 Å². The third-order valence-corrected chi connectivity index (χ3v) is 5.08. The Morgan fingerprint density at radius 3 is 2.00 bits per heavy atom. The highest BCUT2D eigenvalue weighted by molar-refractivity contribution is 6.31. The van der Waals surface area contributed by atoms with Crippen molar-refractivity contribution in [1.29, 1.82) is 0 Å². The van der Waals surface area contributed by atoms with Gasteiger partial charge in [0.05, 0.1) is 11.1 Å². The Morgan fingerprint density at radius 2 is 1.30 bits per heavy atom. The van der Waals surface area contributed by atoms with Crippen LogP contribution in [0, 0.1) is 0 Å². The number of hydrogen-bond acceptors (Lipinski definition) is 2. The molecule has 0 saturated heterocycles. The molecule has 2 aromatic heterocycles. The van der Waals surface area contributed by atoms with Gasteiger partial charge in [0.2, 0.25) is 0 Å². The van der Waals surface area contributed by atoms with E-state index in [9.17, 15) is 0 Å². The van der Waals surface area contributed by atoms with Gasteiger partial charge >= 0.3 is 0 Å². The van der Waals surface area contributed by atoms with E-state index in [0.29, 0.717) is 15.9 Å². The normalized spacial score (nSPS) is 11.3. The first kappa shape index (κ1) is 16.3. The molecule has 3 aromatic carbocycles. The van der Waals surface area contributed by atoms with Crippen LogP contribution in [0.5, 0.6) is 0 Å². The lowest BCUT2D eigenvalue weighted by atomic mass is 10.1. The maximum Gasteiger partial charge on any atom is 0.162 e. The molecule has 0 saturated carbocycles. The van der Waals surface area contributed by atoms with Crippen LogP contribution >= 0.6 is 23.2 Å². The molecular weight excluding hydrogens is 377 g/mol. The van der Waals surface area contributed by atoms with Crippen LogP contribution in [0.1, 0.15) is 0 Å². The van der Waals surface area contributed by atoms with E-state index in [1.54, 1.807) is 0 Å². The molecule has 1 N–H and O–H groups in total. The van der Waals surface area contributed by atoms with Gasteiger partial charge in [-0.25, -0.2) is 9.97 Å². The van der Waals surface area contributed by atoms with E-state index in [1.807, 2.05) is 66.7 Å². The van der Waals surface area contributed by atoms with E-state index in [4.69, 9.17) is 33.2 Å². The first-order valence-corrected chi connectivity index (χ1v) is 9.25. The summed E-state index contributed by atoms with van der Waals surface area (Å²) >= 11 is 12.1. The summed E-state index contributed by atoms with van der Waals surface area (Å²) in [6, 6.07) is 23.4. The fourth-order valence-electron chi connectivity index (χ4n) is 3.29. The van der Waals surface area contributed by atoms with Gasteiger partial charge in [-0.15, -0.1) is 0 Å². The molecule has 0 unspecified atom stereocenters. The number of benzene rings is 3. The van der Waals surface area contributed by atoms with Crippen LogP contribution in [0.2, 0.25) is 10.0 Å². The predicted octanol–water partition coefficient (Wildman–Crippen LogP) is 6.75. The first-order chi connectivity index (χ1) is 13.2. The fourth-order valence-corrected chi connectivity index (χ4v) is 3.54. The molecule has 27 heavy (non-hydrogen) atoms. The number of fused-ring (bicyclic) bond motifs is 3. The number of aromatic amines is 1. The molecule has 0 amide bonds. The highest BCUT2D eigenvalue weighted by Gasteiger charge is 2.16. The third kappa shape index (κ3) is 2.85. The molecular formula is C22H13Cl2N3. The minimum atomic E-state index is 0.649. The summed E-state index contributed by atoms with van der Waals surface area (Å²) in [5, 5.41) is 3.48. The molecule has 0 bridgehead atoms. The standard InChI is InChI=1S/C22H13Cl2N3/c23-15-9-5-13(6-10-15)20-19-17-3-1-2-4-18(17)25-22(19)27-21(26-20)14-7-11-16(24)12-8-14/h1-12H,(H,25,26,27). The number of para-hydroxylation sites is 1. The van der Waals surface area contributed by atoms with Crippen molar-refractivity contribution in [2.45, 2.75) is 0 Å². The van der Waals surface area contributed by atoms with Gasteiger partial charge in [-0.05, 0) is 42.5 Å². The van der Waals surface area contributed by atoms with Crippen LogP contribution in [0.4, 0.5) is 0 Å². The van der Waals surface area contributed by atoms with Crippen molar-refractivity contribution in [2.24, 2.45) is 0 Å². The molecule has 5 aromatic rings. The van der Waals surface area contributed by atoms with Gasteiger partial charge in [0, 0.05) is 32.1 Å². The third-order valence-electron chi connectivity index (χ3n) is 4.58. The van der Waals surface area contributed by atoms with Crippen molar-refractivity contribution in [3.05, 3.63) is 82.8 Å². The Kier molecular flexibility index (Phi) is 3.85. The molecule has 130 valence electrons. The van der Waals surface area contributed by atoms with Crippen LogP contribution in [-0.4, -0.2) is 15.0 Å². The van der Waals surface area contributed by atoms with Gasteiger partial charge in [0.15, 0.2) is 5.82 Å². The minimum absolute atomic E-state index is 0.649. The van der Waals surface area contributed by atoms with Gasteiger partial charge in [-0.2, -0.15) is 0 Å². The molecule has 0 aliphatic heterocycles. The number of aromatic nitrogens is 3. The number of H-pyrrole nitrogens is 1. The van der Waals surface area contributed by atoms with Crippen molar-refractivity contribution in [3.8, 4) is 22.6 Å². The Balaban J connectivity index is 1.85. The quantitative estimate of drug-likeness (QED) is 0.362. The number of hydrogen-bond donors (Lipinski definition) is 1. The van der Waals surface area contributed by atoms with E-state index < -0.39 is 0 Å². The average molecular weight is 390 g/mol. The van der Waals surface area contributed by atoms with E-state index in [0.717, 1.165) is 38.8 Å². The molecule has 5 rings (SSSR count). The molecule has 0 aliphatic carbocycles. The second kappa shape index (κ2) is 6.38. The Hall–Kier alpha value is -2.88. The summed E-state index contributed by atoms with van der Waals surface area (Å²) in [4.78, 5) is 13.1. The van der Waals surface area contributed by atoms with Crippen molar-refractivity contribution >= 4 is 45.1 Å². The second-order valence-electron chi connectivity index (χ2n) is 6.30. The van der Waals surface area contributed by atoms with Crippen LogP contribution in [0.3, 0.4) is 0 Å². The summed E-state index contributed by atoms with van der Waals surface area (Å²) in [5.74, 6) is 0.649. The number of halogens is 2. The van der Waals surface area contributed by atoms with Crippen LogP contribution in [0.25, 0.3) is 44.6 Å². The maximum atomic E-state index is 6.08. The molecule has 0 atom stereocenters. The highest BCUT2D eigenvalue weighted by atomic mass is 35.5. The second-order valence-corrected chi connectivity index (χ2v) is 7.18. The van der Waals surface area contributed by atoms with Crippen molar-refractivity contribution in [3.63, 3.8) is 0 Å². The maximum absolute atomic E-state index is 6.08. The number of nitrogens with one attached hydrogen (secondary N) is 1. The van der Waals surface area contributed by atoms with Crippen molar-refractivity contribution in [1.82, 2.24) is 15.0 Å². The van der Waals surface area contributed by atoms with Crippen LogP contribution in [-0.2, 0) is 0 Å². The Bertz CT molecular complexity index is 1270. The highest BCUT2D eigenvalue weighted by Crippen LogP contribution is 2.34. The van der Waals surface area contributed by atoms with E-state index in [2.05, 4.69) is 11.1 Å². The summed E-state index contributed by atoms with van der Waals surface area (Å²) in [6.45, 7) is 0. The summed E-state index contributed by atoms with van der Waals surface area (Å²) < 4.78 is 0. The Morgan fingerprint density at radius 1 is 0.667 bits per heavy atom.